The quantitative estimate of drug-likeness (QED) is 0.742. The van der Waals surface area contributed by atoms with Crippen LogP contribution >= 0.6 is 0 Å². The predicted molar refractivity (Wildman–Crippen MR) is 66.1 cm³/mol. The summed E-state index contributed by atoms with van der Waals surface area (Å²) in [4.78, 5) is 10.3. The minimum Gasteiger partial charge on any atom is -0.482 e. The number of nitrogens with one attached hydrogen (secondary N) is 1. The molecule has 6 nitrogen and oxygen atoms in total. The van der Waals surface area contributed by atoms with Crippen molar-refractivity contribution < 1.29 is 23.1 Å². The SMILES string of the molecule is CS(=O)(=O)NCCc1ccc(OCC(=O)O)cc1. The molecule has 7 heteroatoms. The number of carbonyl (C=O) groups is 1. The summed E-state index contributed by atoms with van der Waals surface area (Å²) in [6.07, 6.45) is 1.67. The Morgan fingerprint density at radius 1 is 1.33 bits per heavy atom. The van der Waals surface area contributed by atoms with Gasteiger partial charge in [-0.1, -0.05) is 12.1 Å². The van der Waals surface area contributed by atoms with Gasteiger partial charge in [-0.2, -0.15) is 0 Å². The van der Waals surface area contributed by atoms with Crippen molar-refractivity contribution in [3.63, 3.8) is 0 Å². The summed E-state index contributed by atoms with van der Waals surface area (Å²) in [5, 5.41) is 8.43. The molecule has 1 rings (SSSR count). The van der Waals surface area contributed by atoms with Crippen LogP contribution in [-0.4, -0.2) is 38.9 Å². The largest absolute Gasteiger partial charge is 0.482 e. The number of rotatable bonds is 7. The second kappa shape index (κ2) is 6.36. The molecule has 0 aliphatic carbocycles. The molecule has 0 saturated carbocycles. The zero-order chi connectivity index (χ0) is 13.6. The smallest absolute Gasteiger partial charge is 0.341 e. The third-order valence-electron chi connectivity index (χ3n) is 2.06. The molecule has 0 fully saturated rings. The Bertz CT molecular complexity index is 495. The highest BCUT2D eigenvalue weighted by Gasteiger charge is 2.01. The van der Waals surface area contributed by atoms with Crippen LogP contribution < -0.4 is 9.46 Å². The molecular formula is C11H15NO5S. The van der Waals surface area contributed by atoms with E-state index in [-0.39, 0.29) is 6.61 Å². The van der Waals surface area contributed by atoms with Crippen LogP contribution in [0, 0.1) is 0 Å². The molecule has 0 bridgehead atoms. The molecular weight excluding hydrogens is 258 g/mol. The standard InChI is InChI=1S/C11H15NO5S/c1-18(15,16)12-7-6-9-2-4-10(5-3-9)17-8-11(13)14/h2-5,12H,6-8H2,1H3,(H,13,14). The Kier molecular flexibility index (Phi) is 5.11. The highest BCUT2D eigenvalue weighted by atomic mass is 32.2. The molecule has 0 aromatic heterocycles. The van der Waals surface area contributed by atoms with Crippen molar-refractivity contribution in [1.82, 2.24) is 4.72 Å². The number of hydrogen-bond donors (Lipinski definition) is 2. The van der Waals surface area contributed by atoms with Crippen molar-refractivity contribution in [2.45, 2.75) is 6.42 Å². The highest BCUT2D eigenvalue weighted by Crippen LogP contribution is 2.12. The lowest BCUT2D eigenvalue weighted by molar-refractivity contribution is -0.139. The first-order valence-electron chi connectivity index (χ1n) is 5.25. The molecule has 0 unspecified atom stereocenters. The van der Waals surface area contributed by atoms with Crippen molar-refractivity contribution in [3.8, 4) is 5.75 Å². The third-order valence-corrected chi connectivity index (χ3v) is 2.79. The van der Waals surface area contributed by atoms with Crippen LogP contribution in [0.2, 0.25) is 0 Å². The predicted octanol–water partition coefficient (Wildman–Crippen LogP) is 0.242. The molecule has 1 aromatic carbocycles. The van der Waals surface area contributed by atoms with Gasteiger partial charge in [-0.3, -0.25) is 0 Å². The molecule has 0 saturated heterocycles. The summed E-state index contributed by atoms with van der Waals surface area (Å²) < 4.78 is 29.0. The van der Waals surface area contributed by atoms with Crippen LogP contribution in [-0.2, 0) is 21.2 Å². The third kappa shape index (κ3) is 6.21. The molecule has 0 spiro atoms. The number of sulfonamides is 1. The van der Waals surface area contributed by atoms with Gasteiger partial charge in [-0.15, -0.1) is 0 Å². The van der Waals surface area contributed by atoms with Crippen molar-refractivity contribution >= 4 is 16.0 Å². The first-order valence-corrected chi connectivity index (χ1v) is 7.14. The van der Waals surface area contributed by atoms with Crippen LogP contribution in [0.15, 0.2) is 24.3 Å². The maximum absolute atomic E-state index is 10.8. The highest BCUT2D eigenvalue weighted by molar-refractivity contribution is 7.88. The topological polar surface area (TPSA) is 92.7 Å². The molecule has 0 amide bonds. The number of ether oxygens (including phenoxy) is 1. The molecule has 0 radical (unpaired) electrons. The maximum Gasteiger partial charge on any atom is 0.341 e. The lowest BCUT2D eigenvalue weighted by atomic mass is 10.1. The average Bonchev–Trinajstić information content (AvgIpc) is 2.26. The van der Waals surface area contributed by atoms with E-state index in [1.807, 2.05) is 0 Å². The Morgan fingerprint density at radius 3 is 2.44 bits per heavy atom. The van der Waals surface area contributed by atoms with Gasteiger partial charge >= 0.3 is 5.97 Å². The Hall–Kier alpha value is -1.60. The van der Waals surface area contributed by atoms with E-state index in [1.165, 1.54) is 0 Å². The van der Waals surface area contributed by atoms with Gasteiger partial charge in [-0.25, -0.2) is 17.9 Å². The van der Waals surface area contributed by atoms with E-state index in [1.54, 1.807) is 24.3 Å². The number of aliphatic carboxylic acids is 1. The van der Waals surface area contributed by atoms with Crippen molar-refractivity contribution in [1.29, 1.82) is 0 Å². The molecule has 0 heterocycles. The van der Waals surface area contributed by atoms with Gasteiger partial charge in [0.1, 0.15) is 5.75 Å². The van der Waals surface area contributed by atoms with Crippen LogP contribution in [0.5, 0.6) is 5.75 Å². The molecule has 0 aliphatic rings. The Morgan fingerprint density at radius 2 is 1.94 bits per heavy atom. The second-order valence-corrected chi connectivity index (χ2v) is 5.58. The molecule has 100 valence electrons. The van der Waals surface area contributed by atoms with E-state index in [0.29, 0.717) is 18.7 Å². The summed E-state index contributed by atoms with van der Waals surface area (Å²) in [6.45, 7) is -0.0524. The van der Waals surface area contributed by atoms with Crippen molar-refractivity contribution in [2.75, 3.05) is 19.4 Å². The van der Waals surface area contributed by atoms with Crippen LogP contribution in [0.3, 0.4) is 0 Å². The zero-order valence-corrected chi connectivity index (χ0v) is 10.7. The first-order chi connectivity index (χ1) is 8.37. The molecule has 18 heavy (non-hydrogen) atoms. The summed E-state index contributed by atoms with van der Waals surface area (Å²) in [6, 6.07) is 6.83. The van der Waals surface area contributed by atoms with Gasteiger partial charge in [0, 0.05) is 6.54 Å². The number of carboxylic acid groups (broad SMARTS) is 1. The fourth-order valence-corrected chi connectivity index (χ4v) is 1.75. The minimum atomic E-state index is -3.16. The van der Waals surface area contributed by atoms with Crippen molar-refractivity contribution in [2.24, 2.45) is 0 Å². The summed E-state index contributed by atoms with van der Waals surface area (Å²) >= 11 is 0. The van der Waals surface area contributed by atoms with Gasteiger partial charge in [0.2, 0.25) is 10.0 Å². The number of benzene rings is 1. The first kappa shape index (κ1) is 14.5. The maximum atomic E-state index is 10.8. The van der Waals surface area contributed by atoms with Gasteiger partial charge in [0.05, 0.1) is 6.26 Å². The van der Waals surface area contributed by atoms with Gasteiger partial charge in [-0.05, 0) is 24.1 Å². The van der Waals surface area contributed by atoms with E-state index in [4.69, 9.17) is 9.84 Å². The van der Waals surface area contributed by atoms with Gasteiger partial charge in [0.15, 0.2) is 6.61 Å². The van der Waals surface area contributed by atoms with Gasteiger partial charge < -0.3 is 9.84 Å². The normalized spacial score (nSPS) is 11.2. The average molecular weight is 273 g/mol. The number of hydrogen-bond acceptors (Lipinski definition) is 4. The molecule has 0 aliphatic heterocycles. The summed E-state index contributed by atoms with van der Waals surface area (Å²) in [5.74, 6) is -0.561. The Balaban J connectivity index is 2.43. The fourth-order valence-electron chi connectivity index (χ4n) is 1.28. The molecule has 0 atom stereocenters. The van der Waals surface area contributed by atoms with E-state index >= 15 is 0 Å². The lowest BCUT2D eigenvalue weighted by Crippen LogP contribution is -2.24. The fraction of sp³-hybridized carbons (Fsp3) is 0.364. The van der Waals surface area contributed by atoms with Crippen LogP contribution in [0.4, 0.5) is 0 Å². The van der Waals surface area contributed by atoms with Crippen molar-refractivity contribution in [3.05, 3.63) is 29.8 Å². The minimum absolute atomic E-state index is 0.328. The van der Waals surface area contributed by atoms with E-state index in [9.17, 15) is 13.2 Å². The van der Waals surface area contributed by atoms with Crippen LogP contribution in [0.1, 0.15) is 5.56 Å². The van der Waals surface area contributed by atoms with E-state index in [2.05, 4.69) is 4.72 Å². The lowest BCUT2D eigenvalue weighted by Gasteiger charge is -2.05. The van der Waals surface area contributed by atoms with E-state index < -0.39 is 16.0 Å². The Labute approximate surface area is 106 Å². The van der Waals surface area contributed by atoms with Crippen LogP contribution in [0.25, 0.3) is 0 Å². The summed E-state index contributed by atoms with van der Waals surface area (Å²) in [7, 11) is -3.16. The molecule has 1 aromatic rings. The zero-order valence-electron chi connectivity index (χ0n) is 9.92. The number of carboxylic acids is 1. The monoisotopic (exact) mass is 273 g/mol. The second-order valence-electron chi connectivity index (χ2n) is 3.74. The summed E-state index contributed by atoms with van der Waals surface area (Å²) in [5.41, 5.74) is 0.939. The van der Waals surface area contributed by atoms with E-state index in [0.717, 1.165) is 11.8 Å². The van der Waals surface area contributed by atoms with Gasteiger partial charge in [0.25, 0.3) is 0 Å². The molecule has 2 N–H and O–H groups in total.